The summed E-state index contributed by atoms with van der Waals surface area (Å²) in [6, 6.07) is 7.16. The molecular weight excluding hydrogens is 328 g/mol. The number of anilines is 1. The highest BCUT2D eigenvalue weighted by molar-refractivity contribution is 8.00. The third-order valence-electron chi connectivity index (χ3n) is 3.28. The SMILES string of the molecule is CCn1nnc2c(SCC(=O)Nc3ccc(OC)cc3)ncnc21. The minimum absolute atomic E-state index is 0.125. The van der Waals surface area contributed by atoms with Gasteiger partial charge in [-0.2, -0.15) is 0 Å². The Morgan fingerprint density at radius 1 is 1.29 bits per heavy atom. The maximum absolute atomic E-state index is 12.1. The molecule has 0 aliphatic carbocycles. The number of aryl methyl sites for hydroxylation is 1. The number of carbonyl (C=O) groups is 1. The Morgan fingerprint density at radius 3 is 2.79 bits per heavy atom. The van der Waals surface area contributed by atoms with Crippen LogP contribution < -0.4 is 10.1 Å². The van der Waals surface area contributed by atoms with Gasteiger partial charge in [0.15, 0.2) is 11.2 Å². The first-order chi connectivity index (χ1) is 11.7. The van der Waals surface area contributed by atoms with Gasteiger partial charge in [0, 0.05) is 12.2 Å². The second-order valence-electron chi connectivity index (χ2n) is 4.82. The zero-order valence-electron chi connectivity index (χ0n) is 13.3. The third kappa shape index (κ3) is 3.46. The Bertz CT molecular complexity index is 849. The van der Waals surface area contributed by atoms with E-state index in [-0.39, 0.29) is 11.7 Å². The van der Waals surface area contributed by atoms with Gasteiger partial charge in [-0.3, -0.25) is 4.79 Å². The van der Waals surface area contributed by atoms with E-state index in [2.05, 4.69) is 25.6 Å². The van der Waals surface area contributed by atoms with Crippen molar-refractivity contribution < 1.29 is 9.53 Å². The normalized spacial score (nSPS) is 10.8. The van der Waals surface area contributed by atoms with Crippen LogP contribution >= 0.6 is 11.8 Å². The van der Waals surface area contributed by atoms with Crippen molar-refractivity contribution >= 4 is 34.5 Å². The van der Waals surface area contributed by atoms with Crippen molar-refractivity contribution in [3.63, 3.8) is 0 Å². The molecule has 0 aliphatic heterocycles. The lowest BCUT2D eigenvalue weighted by molar-refractivity contribution is -0.113. The number of aromatic nitrogens is 5. The Hall–Kier alpha value is -2.68. The fourth-order valence-corrected chi connectivity index (χ4v) is 2.83. The van der Waals surface area contributed by atoms with Crippen molar-refractivity contribution in [2.24, 2.45) is 0 Å². The van der Waals surface area contributed by atoms with Gasteiger partial charge < -0.3 is 10.1 Å². The number of carbonyl (C=O) groups excluding carboxylic acids is 1. The van der Waals surface area contributed by atoms with Crippen LogP contribution in [-0.4, -0.2) is 43.7 Å². The van der Waals surface area contributed by atoms with E-state index < -0.39 is 0 Å². The summed E-state index contributed by atoms with van der Waals surface area (Å²) in [5.41, 5.74) is 2.00. The van der Waals surface area contributed by atoms with E-state index in [1.807, 2.05) is 6.92 Å². The molecule has 1 amide bonds. The summed E-state index contributed by atoms with van der Waals surface area (Å²) in [5, 5.41) is 11.6. The summed E-state index contributed by atoms with van der Waals surface area (Å²) in [7, 11) is 1.60. The Balaban J connectivity index is 1.64. The molecule has 3 rings (SSSR count). The van der Waals surface area contributed by atoms with Crippen LogP contribution in [0.25, 0.3) is 11.2 Å². The predicted octanol–water partition coefficient (Wildman–Crippen LogP) is 1.98. The molecule has 0 unspecified atom stereocenters. The van der Waals surface area contributed by atoms with Crippen LogP contribution in [0.2, 0.25) is 0 Å². The molecule has 0 spiro atoms. The minimum Gasteiger partial charge on any atom is -0.497 e. The molecule has 1 N–H and O–H groups in total. The standard InChI is InChI=1S/C15H16N6O2S/c1-3-21-14-13(19-20-21)15(17-9-16-14)24-8-12(22)18-10-4-6-11(23-2)7-5-10/h4-7,9H,3,8H2,1-2H3,(H,18,22). The zero-order valence-corrected chi connectivity index (χ0v) is 14.1. The fraction of sp³-hybridized carbons (Fsp3) is 0.267. The first kappa shape index (κ1) is 16.2. The lowest BCUT2D eigenvalue weighted by Crippen LogP contribution is -2.14. The number of thioether (sulfide) groups is 1. The van der Waals surface area contributed by atoms with E-state index in [0.29, 0.717) is 28.4 Å². The zero-order chi connectivity index (χ0) is 16.9. The van der Waals surface area contributed by atoms with E-state index in [0.717, 1.165) is 5.75 Å². The molecule has 0 radical (unpaired) electrons. The molecule has 0 saturated carbocycles. The summed E-state index contributed by atoms with van der Waals surface area (Å²) in [6.45, 7) is 2.64. The van der Waals surface area contributed by atoms with Crippen molar-refractivity contribution in [1.82, 2.24) is 25.0 Å². The summed E-state index contributed by atoms with van der Waals surface area (Å²) in [5.74, 6) is 0.835. The second-order valence-corrected chi connectivity index (χ2v) is 5.79. The topological polar surface area (TPSA) is 94.8 Å². The molecule has 2 aromatic heterocycles. The first-order valence-corrected chi connectivity index (χ1v) is 8.30. The van der Waals surface area contributed by atoms with Gasteiger partial charge in [0.1, 0.15) is 17.1 Å². The van der Waals surface area contributed by atoms with Crippen LogP contribution in [0.3, 0.4) is 0 Å². The van der Waals surface area contributed by atoms with E-state index in [9.17, 15) is 4.79 Å². The van der Waals surface area contributed by atoms with Gasteiger partial charge in [0.05, 0.1) is 12.9 Å². The third-order valence-corrected chi connectivity index (χ3v) is 4.26. The van der Waals surface area contributed by atoms with Gasteiger partial charge in [-0.15, -0.1) is 5.10 Å². The number of nitrogens with one attached hydrogen (secondary N) is 1. The monoisotopic (exact) mass is 344 g/mol. The maximum Gasteiger partial charge on any atom is 0.234 e. The summed E-state index contributed by atoms with van der Waals surface area (Å²) in [4.78, 5) is 20.5. The van der Waals surface area contributed by atoms with Gasteiger partial charge in [-0.05, 0) is 31.2 Å². The molecule has 124 valence electrons. The molecule has 8 nitrogen and oxygen atoms in total. The van der Waals surface area contributed by atoms with E-state index in [1.165, 1.54) is 18.1 Å². The van der Waals surface area contributed by atoms with Crippen molar-refractivity contribution in [1.29, 1.82) is 0 Å². The summed E-state index contributed by atoms with van der Waals surface area (Å²) < 4.78 is 6.78. The summed E-state index contributed by atoms with van der Waals surface area (Å²) >= 11 is 1.31. The van der Waals surface area contributed by atoms with Crippen molar-refractivity contribution in [3.05, 3.63) is 30.6 Å². The number of benzene rings is 1. The van der Waals surface area contributed by atoms with Crippen LogP contribution in [0.5, 0.6) is 5.75 Å². The molecule has 0 atom stereocenters. The molecule has 0 bridgehead atoms. The molecule has 0 aliphatic rings. The number of rotatable bonds is 6. The average Bonchev–Trinajstić information content (AvgIpc) is 3.04. The Kier molecular flexibility index (Phi) is 4.90. The van der Waals surface area contributed by atoms with Gasteiger partial charge >= 0.3 is 0 Å². The van der Waals surface area contributed by atoms with Gasteiger partial charge in [0.2, 0.25) is 5.91 Å². The second kappa shape index (κ2) is 7.26. The van der Waals surface area contributed by atoms with E-state index in [4.69, 9.17) is 4.74 Å². The largest absolute Gasteiger partial charge is 0.497 e. The summed E-state index contributed by atoms with van der Waals surface area (Å²) in [6.07, 6.45) is 1.46. The van der Waals surface area contributed by atoms with E-state index >= 15 is 0 Å². The molecule has 9 heteroatoms. The average molecular weight is 344 g/mol. The Labute approximate surface area is 142 Å². The van der Waals surface area contributed by atoms with Gasteiger partial charge in [-0.1, -0.05) is 17.0 Å². The molecular formula is C15H16N6O2S. The van der Waals surface area contributed by atoms with Gasteiger partial charge in [0.25, 0.3) is 0 Å². The van der Waals surface area contributed by atoms with Crippen LogP contribution in [-0.2, 0) is 11.3 Å². The molecule has 2 heterocycles. The Morgan fingerprint density at radius 2 is 2.08 bits per heavy atom. The quantitative estimate of drug-likeness (QED) is 0.539. The molecule has 0 fully saturated rings. The number of amides is 1. The number of hydrogen-bond donors (Lipinski definition) is 1. The lowest BCUT2D eigenvalue weighted by atomic mass is 10.3. The number of fused-ring (bicyclic) bond motifs is 1. The number of hydrogen-bond acceptors (Lipinski definition) is 7. The first-order valence-electron chi connectivity index (χ1n) is 7.32. The van der Waals surface area contributed by atoms with Crippen LogP contribution in [0.4, 0.5) is 5.69 Å². The highest BCUT2D eigenvalue weighted by atomic mass is 32.2. The van der Waals surface area contributed by atoms with Crippen molar-refractivity contribution in [2.75, 3.05) is 18.2 Å². The van der Waals surface area contributed by atoms with Gasteiger partial charge in [-0.25, -0.2) is 14.6 Å². The maximum atomic E-state index is 12.1. The highest BCUT2D eigenvalue weighted by Crippen LogP contribution is 2.22. The van der Waals surface area contributed by atoms with Crippen LogP contribution in [0, 0.1) is 0 Å². The predicted molar refractivity (Wildman–Crippen MR) is 91.1 cm³/mol. The van der Waals surface area contributed by atoms with E-state index in [1.54, 1.807) is 36.1 Å². The van der Waals surface area contributed by atoms with Crippen LogP contribution in [0.1, 0.15) is 6.92 Å². The van der Waals surface area contributed by atoms with Crippen LogP contribution in [0.15, 0.2) is 35.6 Å². The highest BCUT2D eigenvalue weighted by Gasteiger charge is 2.13. The number of methoxy groups -OCH3 is 1. The number of ether oxygens (including phenoxy) is 1. The minimum atomic E-state index is -0.125. The molecule has 1 aromatic carbocycles. The number of nitrogens with zero attached hydrogens (tertiary/aromatic N) is 5. The lowest BCUT2D eigenvalue weighted by Gasteiger charge is -2.06. The van der Waals surface area contributed by atoms with Crippen molar-refractivity contribution in [2.45, 2.75) is 18.5 Å². The molecule has 3 aromatic rings. The fourth-order valence-electron chi connectivity index (χ4n) is 2.10. The molecule has 24 heavy (non-hydrogen) atoms. The van der Waals surface area contributed by atoms with Crippen molar-refractivity contribution in [3.8, 4) is 5.75 Å². The molecule has 0 saturated heterocycles. The smallest absolute Gasteiger partial charge is 0.234 e.